The Morgan fingerprint density at radius 2 is 2.14 bits per heavy atom. The highest BCUT2D eigenvalue weighted by molar-refractivity contribution is 5.50. The molecule has 76 valence electrons. The van der Waals surface area contributed by atoms with Crippen molar-refractivity contribution in [3.05, 3.63) is 29.3 Å². The number of aliphatic hydroxyl groups excluding tert-OH is 1. The van der Waals surface area contributed by atoms with E-state index < -0.39 is 0 Å². The van der Waals surface area contributed by atoms with Crippen molar-refractivity contribution in [2.45, 2.75) is 32.3 Å². The standard InChI is InChI=1S/C12H17NO/c1-9(14)8-13-12-6-5-10-3-2-4-11(10)7-12/h5-7,9,13-14H,2-4,8H2,1H3/t9-/m1/s1. The maximum absolute atomic E-state index is 9.14. The topological polar surface area (TPSA) is 32.3 Å². The number of aliphatic hydroxyl groups is 1. The van der Waals surface area contributed by atoms with Gasteiger partial charge in [0.15, 0.2) is 0 Å². The molecule has 0 bridgehead atoms. The normalized spacial score (nSPS) is 16.4. The van der Waals surface area contributed by atoms with E-state index in [1.54, 1.807) is 6.92 Å². The molecule has 1 aliphatic rings. The third kappa shape index (κ3) is 2.07. The molecule has 2 rings (SSSR count). The molecule has 2 nitrogen and oxygen atoms in total. The van der Waals surface area contributed by atoms with Gasteiger partial charge in [-0.3, -0.25) is 0 Å². The van der Waals surface area contributed by atoms with Gasteiger partial charge in [0.2, 0.25) is 0 Å². The van der Waals surface area contributed by atoms with Gasteiger partial charge in [-0.1, -0.05) is 6.07 Å². The van der Waals surface area contributed by atoms with E-state index in [-0.39, 0.29) is 6.10 Å². The maximum Gasteiger partial charge on any atom is 0.0684 e. The van der Waals surface area contributed by atoms with Gasteiger partial charge in [0, 0.05) is 12.2 Å². The fourth-order valence-corrected chi connectivity index (χ4v) is 1.95. The minimum absolute atomic E-state index is 0.289. The molecule has 0 saturated carbocycles. The Morgan fingerprint density at radius 1 is 1.36 bits per heavy atom. The van der Waals surface area contributed by atoms with Gasteiger partial charge in [-0.2, -0.15) is 0 Å². The zero-order valence-corrected chi connectivity index (χ0v) is 8.59. The van der Waals surface area contributed by atoms with Crippen LogP contribution in [0, 0.1) is 0 Å². The molecule has 1 aromatic rings. The molecule has 2 N–H and O–H groups in total. The van der Waals surface area contributed by atoms with Crippen LogP contribution in [-0.4, -0.2) is 17.8 Å². The summed E-state index contributed by atoms with van der Waals surface area (Å²) in [6.45, 7) is 2.42. The molecule has 0 saturated heterocycles. The molecular formula is C12H17NO. The summed E-state index contributed by atoms with van der Waals surface area (Å²) in [7, 11) is 0. The average molecular weight is 191 g/mol. The number of benzene rings is 1. The van der Waals surface area contributed by atoms with Gasteiger partial charge in [0.1, 0.15) is 0 Å². The van der Waals surface area contributed by atoms with Crippen molar-refractivity contribution in [1.29, 1.82) is 0 Å². The van der Waals surface area contributed by atoms with Crippen molar-refractivity contribution in [2.75, 3.05) is 11.9 Å². The predicted molar refractivity (Wildman–Crippen MR) is 58.6 cm³/mol. The van der Waals surface area contributed by atoms with Gasteiger partial charge in [0.05, 0.1) is 6.10 Å². The van der Waals surface area contributed by atoms with Crippen molar-refractivity contribution >= 4 is 5.69 Å². The predicted octanol–water partition coefficient (Wildman–Crippen LogP) is 1.97. The number of nitrogens with one attached hydrogen (secondary N) is 1. The van der Waals surface area contributed by atoms with E-state index >= 15 is 0 Å². The molecule has 1 atom stereocenters. The monoisotopic (exact) mass is 191 g/mol. The van der Waals surface area contributed by atoms with Crippen LogP contribution in [0.15, 0.2) is 18.2 Å². The first-order chi connectivity index (χ1) is 6.75. The van der Waals surface area contributed by atoms with Crippen LogP contribution < -0.4 is 5.32 Å². The van der Waals surface area contributed by atoms with Gasteiger partial charge in [-0.05, 0) is 49.4 Å². The summed E-state index contributed by atoms with van der Waals surface area (Å²) in [5.41, 5.74) is 4.10. The van der Waals surface area contributed by atoms with E-state index in [2.05, 4.69) is 23.5 Å². The van der Waals surface area contributed by atoms with Gasteiger partial charge in [-0.25, -0.2) is 0 Å². The number of hydrogen-bond acceptors (Lipinski definition) is 2. The van der Waals surface area contributed by atoms with Crippen LogP contribution in [-0.2, 0) is 12.8 Å². The molecule has 14 heavy (non-hydrogen) atoms. The number of anilines is 1. The van der Waals surface area contributed by atoms with Gasteiger partial charge >= 0.3 is 0 Å². The number of hydrogen-bond donors (Lipinski definition) is 2. The number of rotatable bonds is 3. The third-order valence-electron chi connectivity index (χ3n) is 2.70. The quantitative estimate of drug-likeness (QED) is 0.765. The van der Waals surface area contributed by atoms with Gasteiger partial charge in [-0.15, -0.1) is 0 Å². The molecule has 1 aromatic carbocycles. The molecular weight excluding hydrogens is 174 g/mol. The zero-order chi connectivity index (χ0) is 9.97. The Labute approximate surface area is 85.0 Å². The van der Waals surface area contributed by atoms with Crippen LogP contribution >= 0.6 is 0 Å². The van der Waals surface area contributed by atoms with Crippen molar-refractivity contribution in [3.8, 4) is 0 Å². The molecule has 0 fully saturated rings. The second-order valence-corrected chi connectivity index (χ2v) is 4.07. The summed E-state index contributed by atoms with van der Waals surface area (Å²) < 4.78 is 0. The van der Waals surface area contributed by atoms with Crippen LogP contribution in [0.3, 0.4) is 0 Å². The summed E-state index contributed by atoms with van der Waals surface area (Å²) in [5.74, 6) is 0. The fourth-order valence-electron chi connectivity index (χ4n) is 1.95. The fraction of sp³-hybridized carbons (Fsp3) is 0.500. The highest BCUT2D eigenvalue weighted by atomic mass is 16.3. The second kappa shape index (κ2) is 4.01. The number of aryl methyl sites for hydroxylation is 2. The highest BCUT2D eigenvalue weighted by Crippen LogP contribution is 2.24. The maximum atomic E-state index is 9.14. The summed E-state index contributed by atoms with van der Waals surface area (Å²) >= 11 is 0. The molecule has 0 spiro atoms. The van der Waals surface area contributed by atoms with E-state index in [4.69, 9.17) is 5.11 Å². The van der Waals surface area contributed by atoms with Crippen LogP contribution in [0.5, 0.6) is 0 Å². The molecule has 2 heteroatoms. The third-order valence-corrected chi connectivity index (χ3v) is 2.70. The van der Waals surface area contributed by atoms with Crippen LogP contribution in [0.25, 0.3) is 0 Å². The molecule has 0 heterocycles. The summed E-state index contributed by atoms with van der Waals surface area (Å²) in [4.78, 5) is 0. The lowest BCUT2D eigenvalue weighted by Crippen LogP contribution is -2.15. The first-order valence-electron chi connectivity index (χ1n) is 5.29. The first-order valence-corrected chi connectivity index (χ1v) is 5.29. The molecule has 0 unspecified atom stereocenters. The lowest BCUT2D eigenvalue weighted by molar-refractivity contribution is 0.208. The Bertz CT molecular complexity index is 320. The molecule has 1 aliphatic carbocycles. The van der Waals surface area contributed by atoms with Crippen molar-refractivity contribution in [1.82, 2.24) is 0 Å². The Morgan fingerprint density at radius 3 is 2.93 bits per heavy atom. The summed E-state index contributed by atoms with van der Waals surface area (Å²) in [6, 6.07) is 6.52. The van der Waals surface area contributed by atoms with Crippen LogP contribution in [0.1, 0.15) is 24.5 Å². The lowest BCUT2D eigenvalue weighted by Gasteiger charge is -2.09. The average Bonchev–Trinajstić information content (AvgIpc) is 2.61. The molecule has 0 aromatic heterocycles. The minimum Gasteiger partial charge on any atom is -0.392 e. The van der Waals surface area contributed by atoms with Crippen molar-refractivity contribution < 1.29 is 5.11 Å². The minimum atomic E-state index is -0.289. The number of fused-ring (bicyclic) bond motifs is 1. The van der Waals surface area contributed by atoms with Crippen molar-refractivity contribution in [3.63, 3.8) is 0 Å². The van der Waals surface area contributed by atoms with Crippen LogP contribution in [0.4, 0.5) is 5.69 Å². The highest BCUT2D eigenvalue weighted by Gasteiger charge is 2.10. The zero-order valence-electron chi connectivity index (χ0n) is 8.59. The van der Waals surface area contributed by atoms with E-state index in [9.17, 15) is 0 Å². The molecule has 0 radical (unpaired) electrons. The van der Waals surface area contributed by atoms with E-state index in [1.807, 2.05) is 0 Å². The van der Waals surface area contributed by atoms with Gasteiger partial charge < -0.3 is 10.4 Å². The van der Waals surface area contributed by atoms with E-state index in [1.165, 1.54) is 30.4 Å². The van der Waals surface area contributed by atoms with Crippen LogP contribution in [0.2, 0.25) is 0 Å². The second-order valence-electron chi connectivity index (χ2n) is 4.07. The Hall–Kier alpha value is -1.02. The lowest BCUT2D eigenvalue weighted by atomic mass is 10.1. The SMILES string of the molecule is C[C@@H](O)CNc1ccc2c(c1)CCC2. The Balaban J connectivity index is 2.05. The summed E-state index contributed by atoms with van der Waals surface area (Å²) in [6.07, 6.45) is 3.43. The first kappa shape index (κ1) is 9.53. The summed E-state index contributed by atoms with van der Waals surface area (Å²) in [5, 5.41) is 12.4. The largest absolute Gasteiger partial charge is 0.392 e. The smallest absolute Gasteiger partial charge is 0.0684 e. The van der Waals surface area contributed by atoms with E-state index in [0.29, 0.717) is 6.54 Å². The molecule has 0 amide bonds. The Kier molecular flexibility index (Phi) is 2.73. The van der Waals surface area contributed by atoms with E-state index in [0.717, 1.165) is 5.69 Å². The van der Waals surface area contributed by atoms with Crippen molar-refractivity contribution in [2.24, 2.45) is 0 Å². The van der Waals surface area contributed by atoms with Gasteiger partial charge in [0.25, 0.3) is 0 Å². The molecule has 0 aliphatic heterocycles.